The zero-order valence-electron chi connectivity index (χ0n) is 13.5. The molecule has 23 heavy (non-hydrogen) atoms. The van der Waals surface area contributed by atoms with Gasteiger partial charge in [0.05, 0.1) is 18.7 Å². The van der Waals surface area contributed by atoms with Gasteiger partial charge in [0.15, 0.2) is 0 Å². The lowest BCUT2D eigenvalue weighted by molar-refractivity contribution is -0.126. The van der Waals surface area contributed by atoms with Crippen LogP contribution in [0.1, 0.15) is 12.8 Å². The van der Waals surface area contributed by atoms with Gasteiger partial charge in [-0.25, -0.2) is 0 Å². The number of carbonyl (C=O) groups is 2. The number of amides is 2. The SMILES string of the molecule is CNCCCNC(=O)C1CC(=O)N(c2ccccc2OC)C1.Cl. The predicted octanol–water partition coefficient (Wildman–Crippen LogP) is 1.20. The third kappa shape index (κ3) is 4.84. The van der Waals surface area contributed by atoms with E-state index in [0.29, 0.717) is 18.8 Å². The summed E-state index contributed by atoms with van der Waals surface area (Å²) in [6, 6.07) is 7.36. The lowest BCUT2D eigenvalue weighted by Gasteiger charge is -2.19. The standard InChI is InChI=1S/C16H23N3O3.ClH/c1-17-8-5-9-18-16(21)12-10-15(20)19(11-12)13-6-3-4-7-14(13)22-2;/h3-4,6-7,12,17H,5,8-11H2,1-2H3,(H,18,21);1H. The van der Waals surface area contributed by atoms with E-state index in [2.05, 4.69) is 10.6 Å². The highest BCUT2D eigenvalue weighted by Crippen LogP contribution is 2.32. The Morgan fingerprint density at radius 1 is 1.35 bits per heavy atom. The van der Waals surface area contributed by atoms with Crippen LogP contribution in [0, 0.1) is 5.92 Å². The summed E-state index contributed by atoms with van der Waals surface area (Å²) < 4.78 is 5.29. The number of ether oxygens (including phenoxy) is 1. The van der Waals surface area contributed by atoms with Crippen LogP contribution in [-0.4, -0.2) is 45.6 Å². The maximum absolute atomic E-state index is 12.2. The number of rotatable bonds is 7. The third-order valence-corrected chi connectivity index (χ3v) is 3.77. The molecule has 2 amide bonds. The summed E-state index contributed by atoms with van der Waals surface area (Å²) in [7, 11) is 3.45. The number of nitrogens with one attached hydrogen (secondary N) is 2. The van der Waals surface area contributed by atoms with Crippen molar-refractivity contribution in [1.29, 1.82) is 0 Å². The summed E-state index contributed by atoms with van der Waals surface area (Å²) in [5.74, 6) is 0.250. The van der Waals surface area contributed by atoms with Gasteiger partial charge in [0.25, 0.3) is 0 Å². The van der Waals surface area contributed by atoms with Gasteiger partial charge in [-0.05, 0) is 32.1 Å². The predicted molar refractivity (Wildman–Crippen MR) is 92.3 cm³/mol. The van der Waals surface area contributed by atoms with Crippen molar-refractivity contribution < 1.29 is 14.3 Å². The van der Waals surface area contributed by atoms with Crippen LogP contribution >= 0.6 is 12.4 Å². The molecular formula is C16H24ClN3O3. The number of halogens is 1. The molecule has 1 aliphatic heterocycles. The van der Waals surface area contributed by atoms with Crippen LogP contribution in [0.3, 0.4) is 0 Å². The maximum Gasteiger partial charge on any atom is 0.227 e. The zero-order chi connectivity index (χ0) is 15.9. The van der Waals surface area contributed by atoms with Crippen LogP contribution in [-0.2, 0) is 9.59 Å². The molecule has 2 rings (SSSR count). The number of hydrogen-bond acceptors (Lipinski definition) is 4. The van der Waals surface area contributed by atoms with E-state index in [1.54, 1.807) is 12.0 Å². The first-order valence-corrected chi connectivity index (χ1v) is 7.53. The van der Waals surface area contributed by atoms with E-state index in [-0.39, 0.29) is 36.6 Å². The maximum atomic E-state index is 12.2. The Labute approximate surface area is 143 Å². The molecular weight excluding hydrogens is 318 g/mol. The van der Waals surface area contributed by atoms with Crippen molar-refractivity contribution in [3.63, 3.8) is 0 Å². The summed E-state index contributed by atoms with van der Waals surface area (Å²) in [4.78, 5) is 26.0. The fraction of sp³-hybridized carbons (Fsp3) is 0.500. The highest BCUT2D eigenvalue weighted by Gasteiger charge is 2.35. The Bertz CT molecular complexity index is 539. The first-order valence-electron chi connectivity index (χ1n) is 7.53. The van der Waals surface area contributed by atoms with Crippen molar-refractivity contribution in [3.05, 3.63) is 24.3 Å². The van der Waals surface area contributed by atoms with Gasteiger partial charge in [-0.1, -0.05) is 12.1 Å². The fourth-order valence-electron chi connectivity index (χ4n) is 2.59. The van der Waals surface area contributed by atoms with Crippen LogP contribution in [0.4, 0.5) is 5.69 Å². The van der Waals surface area contributed by atoms with E-state index >= 15 is 0 Å². The Balaban J connectivity index is 0.00000264. The summed E-state index contributed by atoms with van der Waals surface area (Å²) in [6.45, 7) is 1.88. The second-order valence-corrected chi connectivity index (χ2v) is 5.33. The van der Waals surface area contributed by atoms with Crippen molar-refractivity contribution in [1.82, 2.24) is 10.6 Å². The molecule has 1 aromatic carbocycles. The van der Waals surface area contributed by atoms with Crippen molar-refractivity contribution in [2.75, 3.05) is 38.7 Å². The summed E-state index contributed by atoms with van der Waals surface area (Å²) in [5, 5.41) is 5.92. The van der Waals surface area contributed by atoms with E-state index in [1.807, 2.05) is 31.3 Å². The number of anilines is 1. The van der Waals surface area contributed by atoms with Crippen LogP contribution in [0.15, 0.2) is 24.3 Å². The monoisotopic (exact) mass is 341 g/mol. The molecule has 0 bridgehead atoms. The molecule has 1 atom stereocenters. The molecule has 1 heterocycles. The van der Waals surface area contributed by atoms with Gasteiger partial charge < -0.3 is 20.3 Å². The number of carbonyl (C=O) groups excluding carboxylic acids is 2. The van der Waals surface area contributed by atoms with Gasteiger partial charge in [0, 0.05) is 19.5 Å². The van der Waals surface area contributed by atoms with Crippen LogP contribution in [0.25, 0.3) is 0 Å². The van der Waals surface area contributed by atoms with E-state index in [0.717, 1.165) is 18.7 Å². The highest BCUT2D eigenvalue weighted by atomic mass is 35.5. The van der Waals surface area contributed by atoms with Crippen molar-refractivity contribution in [2.24, 2.45) is 5.92 Å². The molecule has 0 spiro atoms. The molecule has 2 N–H and O–H groups in total. The normalized spacial score (nSPS) is 16.9. The molecule has 0 saturated carbocycles. The Morgan fingerprint density at radius 2 is 2.09 bits per heavy atom. The first-order chi connectivity index (χ1) is 10.7. The lowest BCUT2D eigenvalue weighted by atomic mass is 10.1. The van der Waals surface area contributed by atoms with Gasteiger partial charge >= 0.3 is 0 Å². The van der Waals surface area contributed by atoms with Crippen LogP contribution < -0.4 is 20.3 Å². The molecule has 0 radical (unpaired) electrons. The van der Waals surface area contributed by atoms with Gasteiger partial charge in [0.2, 0.25) is 11.8 Å². The van der Waals surface area contributed by atoms with E-state index in [4.69, 9.17) is 4.74 Å². The number of methoxy groups -OCH3 is 1. The van der Waals surface area contributed by atoms with E-state index < -0.39 is 0 Å². The molecule has 1 unspecified atom stereocenters. The van der Waals surface area contributed by atoms with E-state index in [9.17, 15) is 9.59 Å². The van der Waals surface area contributed by atoms with Gasteiger partial charge in [-0.15, -0.1) is 12.4 Å². The minimum atomic E-state index is -0.299. The number of benzene rings is 1. The Morgan fingerprint density at radius 3 is 2.78 bits per heavy atom. The second-order valence-electron chi connectivity index (χ2n) is 5.33. The summed E-state index contributed by atoms with van der Waals surface area (Å²) >= 11 is 0. The zero-order valence-corrected chi connectivity index (χ0v) is 14.3. The van der Waals surface area contributed by atoms with Gasteiger partial charge in [-0.3, -0.25) is 9.59 Å². The first kappa shape index (κ1) is 19.3. The Kier molecular flexibility index (Phi) is 7.85. The average Bonchev–Trinajstić information content (AvgIpc) is 2.93. The van der Waals surface area contributed by atoms with Crippen LogP contribution in [0.5, 0.6) is 5.75 Å². The van der Waals surface area contributed by atoms with Crippen molar-refractivity contribution >= 4 is 29.9 Å². The number of hydrogen-bond donors (Lipinski definition) is 2. The fourth-order valence-corrected chi connectivity index (χ4v) is 2.59. The third-order valence-electron chi connectivity index (χ3n) is 3.77. The summed E-state index contributed by atoms with van der Waals surface area (Å²) in [6.07, 6.45) is 1.12. The smallest absolute Gasteiger partial charge is 0.227 e. The largest absolute Gasteiger partial charge is 0.495 e. The minimum Gasteiger partial charge on any atom is -0.495 e. The number of para-hydroxylation sites is 2. The average molecular weight is 342 g/mol. The molecule has 0 aromatic heterocycles. The van der Waals surface area contributed by atoms with E-state index in [1.165, 1.54) is 0 Å². The molecule has 1 aromatic rings. The quantitative estimate of drug-likeness (QED) is 0.731. The molecule has 1 saturated heterocycles. The number of nitrogens with zero attached hydrogens (tertiary/aromatic N) is 1. The van der Waals surface area contributed by atoms with Crippen molar-refractivity contribution in [3.8, 4) is 5.75 Å². The highest BCUT2D eigenvalue weighted by molar-refractivity contribution is 6.01. The summed E-state index contributed by atoms with van der Waals surface area (Å²) in [5.41, 5.74) is 0.723. The van der Waals surface area contributed by atoms with Gasteiger partial charge in [0.1, 0.15) is 5.75 Å². The molecule has 6 nitrogen and oxygen atoms in total. The van der Waals surface area contributed by atoms with Crippen molar-refractivity contribution in [2.45, 2.75) is 12.8 Å². The Hall–Kier alpha value is -1.79. The molecule has 7 heteroatoms. The topological polar surface area (TPSA) is 70.7 Å². The molecule has 128 valence electrons. The second kappa shape index (κ2) is 9.37. The van der Waals surface area contributed by atoms with Gasteiger partial charge in [-0.2, -0.15) is 0 Å². The van der Waals surface area contributed by atoms with Crippen LogP contribution in [0.2, 0.25) is 0 Å². The minimum absolute atomic E-state index is 0. The lowest BCUT2D eigenvalue weighted by Crippen LogP contribution is -2.34. The molecule has 0 aliphatic carbocycles. The molecule has 1 aliphatic rings. The molecule has 1 fully saturated rings.